The van der Waals surface area contributed by atoms with Gasteiger partial charge in [0.1, 0.15) is 0 Å². The third-order valence-corrected chi connectivity index (χ3v) is 2.61. The van der Waals surface area contributed by atoms with E-state index in [2.05, 4.69) is 5.32 Å². The highest BCUT2D eigenvalue weighted by atomic mass is 16.5. The van der Waals surface area contributed by atoms with Gasteiger partial charge in [-0.1, -0.05) is 6.92 Å². The molecular weight excluding hydrogens is 212 g/mol. The fourth-order valence-electron chi connectivity index (χ4n) is 1.62. The number of hydrogen-bond donors (Lipinski definition) is 3. The Kier molecular flexibility index (Phi) is 4.70. The minimum absolute atomic E-state index is 0.0491. The molecule has 0 radical (unpaired) electrons. The average molecular weight is 230 g/mol. The van der Waals surface area contributed by atoms with E-state index in [0.29, 0.717) is 19.8 Å². The molecule has 3 unspecified atom stereocenters. The number of carboxylic acid groups (broad SMARTS) is 1. The Balaban J connectivity index is 2.26. The lowest BCUT2D eigenvalue weighted by molar-refractivity contribution is -0.138. The number of amides is 1. The van der Waals surface area contributed by atoms with Crippen LogP contribution in [0.25, 0.3) is 0 Å². The van der Waals surface area contributed by atoms with Crippen LogP contribution in [0.15, 0.2) is 0 Å². The predicted molar refractivity (Wildman–Crippen MR) is 56.7 cm³/mol. The largest absolute Gasteiger partial charge is 0.481 e. The van der Waals surface area contributed by atoms with Crippen molar-refractivity contribution in [3.63, 3.8) is 0 Å². The molecule has 92 valence electrons. The van der Waals surface area contributed by atoms with Crippen LogP contribution in [0, 0.1) is 11.8 Å². The first-order valence-corrected chi connectivity index (χ1v) is 5.33. The summed E-state index contributed by atoms with van der Waals surface area (Å²) in [6.45, 7) is 2.89. The molecule has 0 aromatic rings. The van der Waals surface area contributed by atoms with Gasteiger partial charge in [0.15, 0.2) is 0 Å². The van der Waals surface area contributed by atoms with Crippen LogP contribution >= 0.6 is 0 Å². The van der Waals surface area contributed by atoms with Crippen LogP contribution in [0.1, 0.15) is 13.3 Å². The van der Waals surface area contributed by atoms with E-state index in [9.17, 15) is 9.59 Å². The molecule has 0 aromatic heterocycles. The van der Waals surface area contributed by atoms with E-state index in [1.165, 1.54) is 0 Å². The summed E-state index contributed by atoms with van der Waals surface area (Å²) in [5.41, 5.74) is 5.69. The fraction of sp³-hybridized carbons (Fsp3) is 0.800. The molecule has 6 heteroatoms. The smallest absolute Gasteiger partial charge is 0.303 e. The zero-order chi connectivity index (χ0) is 12.1. The van der Waals surface area contributed by atoms with Crippen molar-refractivity contribution >= 4 is 11.9 Å². The Bertz CT molecular complexity index is 270. The van der Waals surface area contributed by atoms with E-state index < -0.39 is 5.97 Å². The van der Waals surface area contributed by atoms with Crippen LogP contribution in [0.4, 0.5) is 0 Å². The number of carbonyl (C=O) groups excluding carboxylic acids is 1. The second-order valence-corrected chi connectivity index (χ2v) is 4.26. The second-order valence-electron chi connectivity index (χ2n) is 4.26. The van der Waals surface area contributed by atoms with Crippen LogP contribution in [0.2, 0.25) is 0 Å². The van der Waals surface area contributed by atoms with E-state index >= 15 is 0 Å². The zero-order valence-corrected chi connectivity index (χ0v) is 9.31. The molecule has 1 aliphatic heterocycles. The summed E-state index contributed by atoms with van der Waals surface area (Å²) < 4.78 is 5.08. The topological polar surface area (TPSA) is 102 Å². The summed E-state index contributed by atoms with van der Waals surface area (Å²) in [6.07, 6.45) is 0.0491. The molecule has 16 heavy (non-hydrogen) atoms. The molecule has 1 saturated heterocycles. The van der Waals surface area contributed by atoms with Gasteiger partial charge in [0.2, 0.25) is 5.91 Å². The normalized spacial score (nSPS) is 26.4. The summed E-state index contributed by atoms with van der Waals surface area (Å²) in [5.74, 6) is -1.40. The van der Waals surface area contributed by atoms with Crippen LogP contribution in [0.5, 0.6) is 0 Å². The van der Waals surface area contributed by atoms with Crippen molar-refractivity contribution in [1.82, 2.24) is 5.32 Å². The van der Waals surface area contributed by atoms with Crippen LogP contribution in [-0.4, -0.2) is 42.8 Å². The monoisotopic (exact) mass is 230 g/mol. The number of ether oxygens (including phenoxy) is 1. The van der Waals surface area contributed by atoms with E-state index in [-0.39, 0.29) is 30.2 Å². The van der Waals surface area contributed by atoms with Gasteiger partial charge in [0.25, 0.3) is 0 Å². The number of aliphatic carboxylic acids is 1. The number of carboxylic acids is 1. The van der Waals surface area contributed by atoms with Crippen molar-refractivity contribution < 1.29 is 19.4 Å². The lowest BCUT2D eigenvalue weighted by Crippen LogP contribution is -2.42. The van der Waals surface area contributed by atoms with Gasteiger partial charge in [-0.3, -0.25) is 9.59 Å². The summed E-state index contributed by atoms with van der Waals surface area (Å²) >= 11 is 0. The van der Waals surface area contributed by atoms with Crippen LogP contribution in [0.3, 0.4) is 0 Å². The third kappa shape index (κ3) is 3.79. The highest BCUT2D eigenvalue weighted by molar-refractivity contribution is 5.79. The molecule has 6 nitrogen and oxygen atoms in total. The highest BCUT2D eigenvalue weighted by Crippen LogP contribution is 2.11. The third-order valence-electron chi connectivity index (χ3n) is 2.61. The zero-order valence-electron chi connectivity index (χ0n) is 9.31. The van der Waals surface area contributed by atoms with Crippen LogP contribution < -0.4 is 11.1 Å². The second kappa shape index (κ2) is 5.81. The van der Waals surface area contributed by atoms with Gasteiger partial charge in [0.05, 0.1) is 19.1 Å². The van der Waals surface area contributed by atoms with E-state index in [1.54, 1.807) is 6.92 Å². The van der Waals surface area contributed by atoms with Gasteiger partial charge in [0, 0.05) is 19.0 Å². The molecule has 0 aliphatic carbocycles. The Morgan fingerprint density at radius 1 is 1.56 bits per heavy atom. The quantitative estimate of drug-likeness (QED) is 0.573. The Morgan fingerprint density at radius 2 is 2.25 bits per heavy atom. The van der Waals surface area contributed by atoms with Crippen molar-refractivity contribution in [3.8, 4) is 0 Å². The maximum atomic E-state index is 11.6. The highest BCUT2D eigenvalue weighted by Gasteiger charge is 2.31. The molecule has 1 rings (SSSR count). The summed E-state index contributed by atoms with van der Waals surface area (Å²) in [4.78, 5) is 22.0. The van der Waals surface area contributed by atoms with Crippen molar-refractivity contribution in [2.75, 3.05) is 19.8 Å². The summed E-state index contributed by atoms with van der Waals surface area (Å²) in [6, 6.07) is -0.255. The molecule has 3 atom stereocenters. The first kappa shape index (κ1) is 12.9. The van der Waals surface area contributed by atoms with Crippen molar-refractivity contribution in [1.29, 1.82) is 0 Å². The fourth-order valence-corrected chi connectivity index (χ4v) is 1.62. The molecule has 1 fully saturated rings. The summed E-state index contributed by atoms with van der Waals surface area (Å²) in [7, 11) is 0. The van der Waals surface area contributed by atoms with E-state index in [0.717, 1.165) is 0 Å². The van der Waals surface area contributed by atoms with Gasteiger partial charge in [-0.25, -0.2) is 0 Å². The van der Waals surface area contributed by atoms with Crippen molar-refractivity contribution in [2.24, 2.45) is 17.6 Å². The van der Waals surface area contributed by atoms with Gasteiger partial charge in [-0.15, -0.1) is 0 Å². The van der Waals surface area contributed by atoms with E-state index in [4.69, 9.17) is 15.6 Å². The minimum atomic E-state index is -0.859. The van der Waals surface area contributed by atoms with Crippen molar-refractivity contribution in [3.05, 3.63) is 0 Å². The molecule has 1 heterocycles. The molecule has 1 amide bonds. The molecule has 1 aliphatic rings. The molecule has 0 spiro atoms. The van der Waals surface area contributed by atoms with Gasteiger partial charge in [-0.05, 0) is 5.92 Å². The SMILES string of the molecule is CC(CNC(=O)C1COCC1N)CC(=O)O. The number of rotatable bonds is 5. The molecule has 0 aromatic carbocycles. The minimum Gasteiger partial charge on any atom is -0.481 e. The number of nitrogens with one attached hydrogen (secondary N) is 1. The molecule has 0 saturated carbocycles. The number of carbonyl (C=O) groups is 2. The van der Waals surface area contributed by atoms with Gasteiger partial charge in [-0.2, -0.15) is 0 Å². The first-order valence-electron chi connectivity index (χ1n) is 5.33. The Labute approximate surface area is 94.1 Å². The lowest BCUT2D eigenvalue weighted by atomic mass is 10.0. The number of nitrogens with two attached hydrogens (primary N) is 1. The summed E-state index contributed by atoms with van der Waals surface area (Å²) in [5, 5.41) is 11.2. The standard InChI is InChI=1S/C10H18N2O4/c1-6(2-9(13)14)3-12-10(15)7-4-16-5-8(7)11/h6-8H,2-5,11H2,1H3,(H,12,15)(H,13,14). The average Bonchev–Trinajstić information content (AvgIpc) is 2.60. The predicted octanol–water partition coefficient (Wildman–Crippen LogP) is -0.813. The molecule has 0 bridgehead atoms. The maximum Gasteiger partial charge on any atom is 0.303 e. The Hall–Kier alpha value is -1.14. The Morgan fingerprint density at radius 3 is 2.75 bits per heavy atom. The maximum absolute atomic E-state index is 11.6. The van der Waals surface area contributed by atoms with Gasteiger partial charge < -0.3 is 20.9 Å². The van der Waals surface area contributed by atoms with Gasteiger partial charge >= 0.3 is 5.97 Å². The van der Waals surface area contributed by atoms with E-state index in [1.807, 2.05) is 0 Å². The lowest BCUT2D eigenvalue weighted by Gasteiger charge is -2.15. The van der Waals surface area contributed by atoms with Crippen LogP contribution in [-0.2, 0) is 14.3 Å². The molecular formula is C10H18N2O4. The molecule has 4 N–H and O–H groups in total. The first-order chi connectivity index (χ1) is 7.50. The van der Waals surface area contributed by atoms with Crippen molar-refractivity contribution in [2.45, 2.75) is 19.4 Å². The number of hydrogen-bond acceptors (Lipinski definition) is 4.